The van der Waals surface area contributed by atoms with E-state index in [2.05, 4.69) is 45.4 Å². The van der Waals surface area contributed by atoms with E-state index in [9.17, 15) is 22.4 Å². The van der Waals surface area contributed by atoms with Crippen LogP contribution >= 0.6 is 0 Å². The summed E-state index contributed by atoms with van der Waals surface area (Å²) < 4.78 is 61.5. The van der Waals surface area contributed by atoms with E-state index < -0.39 is 35.3 Å². The van der Waals surface area contributed by atoms with Gasteiger partial charge in [-0.15, -0.1) is 0 Å². The molecule has 13 heteroatoms. The topological polar surface area (TPSA) is 107 Å². The number of nitrogens with zero attached hydrogens (tertiary/aromatic N) is 4. The zero-order chi connectivity index (χ0) is 33.3. The second kappa shape index (κ2) is 13.3. The molecule has 2 atom stereocenters. The Kier molecular flexibility index (Phi) is 9.30. The number of allylic oxidation sites excluding steroid dienone is 2. The van der Waals surface area contributed by atoms with Crippen molar-refractivity contribution in [3.63, 3.8) is 0 Å². The van der Waals surface area contributed by atoms with Crippen LogP contribution < -0.4 is 21.1 Å². The maximum Gasteiger partial charge on any atom is 0.387 e. The quantitative estimate of drug-likeness (QED) is 0.176. The maximum absolute atomic E-state index is 15.0. The van der Waals surface area contributed by atoms with Gasteiger partial charge in [-0.25, -0.2) is 14.4 Å². The Morgan fingerprint density at radius 1 is 1.19 bits per heavy atom. The number of ether oxygens (including phenoxy) is 1. The number of primary amides is 1. The van der Waals surface area contributed by atoms with E-state index in [1.165, 1.54) is 49.3 Å². The van der Waals surface area contributed by atoms with Crippen molar-refractivity contribution in [3.8, 4) is 17.0 Å². The molecule has 2 aliphatic heterocycles. The molecule has 0 radical (unpaired) electrons. The number of carbonyl (C=O) groups excluding carboxylic acids is 1. The van der Waals surface area contributed by atoms with Gasteiger partial charge in [-0.05, 0) is 56.2 Å². The highest BCUT2D eigenvalue weighted by atomic mass is 19.3. The number of alkyl halides is 2. The van der Waals surface area contributed by atoms with E-state index in [4.69, 9.17) is 5.73 Å². The number of fused-ring (bicyclic) bond motifs is 1. The molecule has 0 bridgehead atoms. The summed E-state index contributed by atoms with van der Waals surface area (Å²) in [6.07, 6.45) is 15.0. The monoisotopic (exact) mass is 656 g/mol. The van der Waals surface area contributed by atoms with Crippen molar-refractivity contribution in [2.75, 3.05) is 45.1 Å². The number of nitrogens with one attached hydrogen (secondary N) is 2. The fourth-order valence-electron chi connectivity index (χ4n) is 7.57. The first-order chi connectivity index (χ1) is 22.5. The average molecular weight is 657 g/mol. The molecule has 1 amide bonds. The SMILES string of the molecule is CCC1(CCC2CC[N+](C)(CC3CNC3)CC2)C=C(Nc2nccn3c(-c4ccc(OC(F)F)c(F)c4F)cnc23)C=CC1C(N)=O. The molecule has 9 nitrogen and oxygen atoms in total. The second-order valence-corrected chi connectivity index (χ2v) is 13.5. The lowest BCUT2D eigenvalue weighted by Crippen LogP contribution is -2.57. The van der Waals surface area contributed by atoms with Gasteiger partial charge in [0.1, 0.15) is 0 Å². The molecule has 252 valence electrons. The largest absolute Gasteiger partial charge is 0.432 e. The maximum atomic E-state index is 15.0. The van der Waals surface area contributed by atoms with Crippen LogP contribution in [0.2, 0.25) is 0 Å². The summed E-state index contributed by atoms with van der Waals surface area (Å²) in [4.78, 5) is 21.5. The van der Waals surface area contributed by atoms with Crippen LogP contribution in [-0.2, 0) is 4.79 Å². The Morgan fingerprint density at radius 2 is 1.96 bits per heavy atom. The number of imidazole rings is 1. The van der Waals surface area contributed by atoms with Gasteiger partial charge in [0, 0.05) is 48.1 Å². The van der Waals surface area contributed by atoms with Crippen LogP contribution in [0.15, 0.2) is 54.6 Å². The van der Waals surface area contributed by atoms with E-state index in [0.29, 0.717) is 23.8 Å². The Bertz CT molecular complexity index is 1680. The second-order valence-electron chi connectivity index (χ2n) is 13.5. The highest BCUT2D eigenvalue weighted by Gasteiger charge is 2.41. The van der Waals surface area contributed by atoms with Gasteiger partial charge < -0.3 is 25.6 Å². The zero-order valence-electron chi connectivity index (χ0n) is 26.7. The van der Waals surface area contributed by atoms with E-state index in [-0.39, 0.29) is 17.2 Å². The lowest BCUT2D eigenvalue weighted by Gasteiger charge is -2.45. The molecule has 1 aromatic carbocycles. The van der Waals surface area contributed by atoms with Crippen LogP contribution in [0.5, 0.6) is 5.75 Å². The molecule has 1 aliphatic carbocycles. The molecule has 47 heavy (non-hydrogen) atoms. The number of quaternary nitrogens is 1. The molecule has 2 fully saturated rings. The first-order valence-corrected chi connectivity index (χ1v) is 16.3. The number of anilines is 1. The Balaban J connectivity index is 1.21. The van der Waals surface area contributed by atoms with E-state index in [1.54, 1.807) is 6.20 Å². The fourth-order valence-corrected chi connectivity index (χ4v) is 7.57. The summed E-state index contributed by atoms with van der Waals surface area (Å²) in [7, 11) is 2.38. The molecular weight excluding hydrogens is 614 g/mol. The van der Waals surface area contributed by atoms with Crippen molar-refractivity contribution < 1.29 is 31.6 Å². The van der Waals surface area contributed by atoms with Gasteiger partial charge in [-0.2, -0.15) is 13.2 Å². The molecule has 6 rings (SSSR count). The number of nitrogens with two attached hydrogens (primary N) is 1. The normalized spacial score (nSPS) is 26.3. The molecule has 2 saturated heterocycles. The Labute approximate surface area is 271 Å². The average Bonchev–Trinajstić information content (AvgIpc) is 3.46. The van der Waals surface area contributed by atoms with Crippen molar-refractivity contribution in [2.45, 2.75) is 45.6 Å². The number of halogens is 4. The number of aromatic nitrogens is 3. The van der Waals surface area contributed by atoms with Gasteiger partial charge in [-0.1, -0.05) is 19.1 Å². The lowest BCUT2D eigenvalue weighted by molar-refractivity contribution is -0.918. The van der Waals surface area contributed by atoms with Crippen molar-refractivity contribution in [3.05, 3.63) is 66.3 Å². The summed E-state index contributed by atoms with van der Waals surface area (Å²) in [5, 5.41) is 6.70. The summed E-state index contributed by atoms with van der Waals surface area (Å²) in [6, 6.07) is 2.12. The smallest absolute Gasteiger partial charge is 0.387 e. The third-order valence-electron chi connectivity index (χ3n) is 10.5. The van der Waals surface area contributed by atoms with E-state index in [1.807, 2.05) is 12.2 Å². The van der Waals surface area contributed by atoms with Crippen LogP contribution in [0, 0.1) is 34.8 Å². The first kappa shape index (κ1) is 33.0. The summed E-state index contributed by atoms with van der Waals surface area (Å²) in [6.45, 7) is 4.62. The molecule has 3 aromatic rings. The van der Waals surface area contributed by atoms with Crippen LogP contribution in [-0.4, -0.2) is 71.1 Å². The summed E-state index contributed by atoms with van der Waals surface area (Å²) in [5.74, 6) is -2.82. The predicted molar refractivity (Wildman–Crippen MR) is 170 cm³/mol. The molecule has 2 aromatic heterocycles. The number of likely N-dealkylation sites (tertiary alicyclic amines) is 1. The van der Waals surface area contributed by atoms with Crippen molar-refractivity contribution in [1.82, 2.24) is 19.7 Å². The highest BCUT2D eigenvalue weighted by molar-refractivity contribution is 5.81. The lowest BCUT2D eigenvalue weighted by atomic mass is 9.66. The zero-order valence-corrected chi connectivity index (χ0v) is 26.7. The van der Waals surface area contributed by atoms with Crippen LogP contribution in [0.3, 0.4) is 0 Å². The van der Waals surface area contributed by atoms with Gasteiger partial charge in [0.05, 0.1) is 44.5 Å². The summed E-state index contributed by atoms with van der Waals surface area (Å²) in [5.41, 5.74) is 6.54. The van der Waals surface area contributed by atoms with Gasteiger partial charge in [-0.3, -0.25) is 9.20 Å². The van der Waals surface area contributed by atoms with Gasteiger partial charge in [0.2, 0.25) is 11.7 Å². The van der Waals surface area contributed by atoms with Crippen LogP contribution in [0.1, 0.15) is 39.0 Å². The molecule has 4 heterocycles. The minimum atomic E-state index is -3.29. The number of hydrogen-bond acceptors (Lipinski definition) is 6. The number of amides is 1. The molecule has 3 aliphatic rings. The molecule has 0 saturated carbocycles. The van der Waals surface area contributed by atoms with Crippen molar-refractivity contribution >= 4 is 17.4 Å². The highest BCUT2D eigenvalue weighted by Crippen LogP contribution is 2.45. The number of hydrogen-bond donors (Lipinski definition) is 3. The fraction of sp³-hybridized carbons (Fsp3) is 0.500. The number of carbonyl (C=O) groups is 1. The molecule has 2 unspecified atom stereocenters. The number of piperidine rings is 1. The first-order valence-electron chi connectivity index (χ1n) is 16.3. The van der Waals surface area contributed by atoms with Crippen molar-refractivity contribution in [1.29, 1.82) is 0 Å². The third-order valence-corrected chi connectivity index (χ3v) is 10.5. The summed E-state index contributed by atoms with van der Waals surface area (Å²) >= 11 is 0. The van der Waals surface area contributed by atoms with Crippen LogP contribution in [0.25, 0.3) is 16.9 Å². The number of benzene rings is 1. The molecular formula is C34H42F4N7O2+. The predicted octanol–water partition coefficient (Wildman–Crippen LogP) is 5.50. The molecule has 0 spiro atoms. The minimum Gasteiger partial charge on any atom is -0.432 e. The third kappa shape index (κ3) is 6.73. The molecule has 4 N–H and O–H groups in total. The van der Waals surface area contributed by atoms with Crippen molar-refractivity contribution in [2.24, 2.45) is 28.9 Å². The number of rotatable bonds is 12. The Hall–Kier alpha value is -3.97. The Morgan fingerprint density at radius 3 is 2.62 bits per heavy atom. The minimum absolute atomic E-state index is 0.179. The van der Waals surface area contributed by atoms with E-state index >= 15 is 0 Å². The standard InChI is InChI=1S/C34H41F4N7O2/c1-3-34(11-8-21-9-14-45(2,15-10-21)20-22-17-40-18-22)16-23(4-6-25(34)30(39)46)43-31-32-42-19-26(44(32)13-12-41-31)24-5-7-27(47-33(37)38)29(36)28(24)35/h4-7,12-13,16,19,21-22,25,33,40H,3,8-11,14-15,17-18,20H2,1-2H3,(H2-,39,41,43,46)/p+1. The van der Waals surface area contributed by atoms with E-state index in [0.717, 1.165) is 54.2 Å². The van der Waals surface area contributed by atoms with Gasteiger partial charge in [0.15, 0.2) is 23.0 Å². The van der Waals surface area contributed by atoms with Gasteiger partial charge in [0.25, 0.3) is 0 Å². The van der Waals surface area contributed by atoms with Crippen LogP contribution in [0.4, 0.5) is 23.4 Å². The van der Waals surface area contributed by atoms with Gasteiger partial charge >= 0.3 is 6.61 Å².